The van der Waals surface area contributed by atoms with Gasteiger partial charge in [-0.15, -0.1) is 0 Å². The normalized spacial score (nSPS) is 17.3. The number of nitrogens with one attached hydrogen (secondary N) is 1. The molecule has 24 heavy (non-hydrogen) atoms. The van der Waals surface area contributed by atoms with Gasteiger partial charge < -0.3 is 20.2 Å². The maximum Gasteiger partial charge on any atom is 0.321 e. The molecule has 1 fully saturated rings. The Hall–Kier alpha value is -2.12. The molecule has 1 atom stereocenters. The molecule has 0 saturated carbocycles. The van der Waals surface area contributed by atoms with Crippen LogP contribution in [0.25, 0.3) is 0 Å². The summed E-state index contributed by atoms with van der Waals surface area (Å²) in [4.78, 5) is 29.8. The molecule has 1 aliphatic heterocycles. The van der Waals surface area contributed by atoms with Crippen LogP contribution in [0.4, 0.5) is 11.4 Å². The van der Waals surface area contributed by atoms with Gasteiger partial charge in [-0.2, -0.15) is 0 Å². The second kappa shape index (κ2) is 8.12. The Labute approximate surface area is 142 Å². The van der Waals surface area contributed by atoms with E-state index in [0.717, 1.165) is 18.8 Å². The van der Waals surface area contributed by atoms with Crippen molar-refractivity contribution in [1.29, 1.82) is 0 Å². The van der Waals surface area contributed by atoms with Gasteiger partial charge in [-0.25, -0.2) is 0 Å². The van der Waals surface area contributed by atoms with E-state index in [-0.39, 0.29) is 12.3 Å². The summed E-state index contributed by atoms with van der Waals surface area (Å²) >= 11 is 0. The van der Waals surface area contributed by atoms with Gasteiger partial charge in [0, 0.05) is 51.6 Å². The van der Waals surface area contributed by atoms with Gasteiger partial charge in [0.05, 0.1) is 6.42 Å². The molecule has 1 aromatic carbocycles. The lowest BCUT2D eigenvalue weighted by Crippen LogP contribution is -2.52. The fourth-order valence-electron chi connectivity index (χ4n) is 2.74. The van der Waals surface area contributed by atoms with Crippen LogP contribution in [0.3, 0.4) is 0 Å². The predicted molar refractivity (Wildman–Crippen MR) is 94.5 cm³/mol. The van der Waals surface area contributed by atoms with Crippen LogP contribution in [0.15, 0.2) is 24.3 Å². The predicted octanol–water partition coefficient (Wildman–Crippen LogP) is 0.782. The molecule has 0 aromatic heterocycles. The number of carboxylic acids is 1. The maximum absolute atomic E-state index is 12.2. The number of hydrogen-bond acceptors (Lipinski definition) is 5. The number of aliphatic carboxylic acids is 1. The molecule has 132 valence electrons. The van der Waals surface area contributed by atoms with Gasteiger partial charge in [-0.3, -0.25) is 14.5 Å². The fraction of sp³-hybridized carbons (Fsp3) is 0.529. The highest BCUT2D eigenvalue weighted by Crippen LogP contribution is 2.17. The molecule has 0 radical (unpaired) electrons. The number of likely N-dealkylation sites (N-methyl/N-ethyl adjacent to an activating group) is 1. The average Bonchev–Trinajstić information content (AvgIpc) is 2.54. The molecule has 7 nitrogen and oxygen atoms in total. The van der Waals surface area contributed by atoms with Gasteiger partial charge in [0.1, 0.15) is 6.04 Å². The van der Waals surface area contributed by atoms with Crippen molar-refractivity contribution in [2.24, 2.45) is 0 Å². The first-order valence-electron chi connectivity index (χ1n) is 8.09. The molecule has 1 amide bonds. The van der Waals surface area contributed by atoms with E-state index in [1.54, 1.807) is 0 Å². The number of carboxylic acid groups (broad SMARTS) is 1. The molecule has 7 heteroatoms. The number of anilines is 2. The van der Waals surface area contributed by atoms with Gasteiger partial charge in [0.2, 0.25) is 5.91 Å². The highest BCUT2D eigenvalue weighted by molar-refractivity contribution is 5.94. The monoisotopic (exact) mass is 334 g/mol. The van der Waals surface area contributed by atoms with Crippen molar-refractivity contribution >= 4 is 23.3 Å². The number of carbonyl (C=O) groups excluding carboxylic acids is 1. The van der Waals surface area contributed by atoms with Crippen LogP contribution in [0.2, 0.25) is 0 Å². The van der Waals surface area contributed by atoms with Crippen LogP contribution in [0, 0.1) is 0 Å². The number of benzene rings is 1. The molecule has 1 heterocycles. The molecule has 2 rings (SSSR count). The molecule has 2 N–H and O–H groups in total. The second-order valence-electron chi connectivity index (χ2n) is 6.39. The number of hydrogen-bond donors (Lipinski definition) is 2. The Morgan fingerprint density at radius 1 is 1.17 bits per heavy atom. The first-order valence-corrected chi connectivity index (χ1v) is 8.09. The summed E-state index contributed by atoms with van der Waals surface area (Å²) < 4.78 is 0. The summed E-state index contributed by atoms with van der Waals surface area (Å²) in [5.41, 5.74) is 1.71. The molecular weight excluding hydrogens is 308 g/mol. The minimum Gasteiger partial charge on any atom is -0.480 e. The lowest BCUT2D eigenvalue weighted by Gasteiger charge is -2.35. The Bertz CT molecular complexity index is 566. The van der Waals surface area contributed by atoms with Gasteiger partial charge >= 0.3 is 5.97 Å². The van der Waals surface area contributed by atoms with Crippen LogP contribution < -0.4 is 10.2 Å². The number of rotatable bonds is 6. The second-order valence-corrected chi connectivity index (χ2v) is 6.39. The minimum atomic E-state index is -0.947. The van der Waals surface area contributed by atoms with Crippen molar-refractivity contribution in [1.82, 2.24) is 9.80 Å². The van der Waals surface area contributed by atoms with Crippen LogP contribution in [0.5, 0.6) is 0 Å². The van der Waals surface area contributed by atoms with E-state index in [0.29, 0.717) is 18.8 Å². The van der Waals surface area contributed by atoms with Gasteiger partial charge in [-0.05, 0) is 31.3 Å². The first-order chi connectivity index (χ1) is 11.4. The van der Waals surface area contributed by atoms with Crippen molar-refractivity contribution in [2.45, 2.75) is 12.5 Å². The maximum atomic E-state index is 12.2. The summed E-state index contributed by atoms with van der Waals surface area (Å²) in [5.74, 6) is -1.23. The molecule has 0 unspecified atom stereocenters. The summed E-state index contributed by atoms with van der Waals surface area (Å²) in [6.45, 7) is 2.96. The first kappa shape index (κ1) is 18.2. The quantitative estimate of drug-likeness (QED) is 0.801. The molecular formula is C17H26N4O3. The average molecular weight is 334 g/mol. The Balaban J connectivity index is 1.94. The number of amides is 1. The fourth-order valence-corrected chi connectivity index (χ4v) is 2.74. The van der Waals surface area contributed by atoms with Crippen LogP contribution >= 0.6 is 0 Å². The third-order valence-electron chi connectivity index (χ3n) is 4.31. The zero-order valence-corrected chi connectivity index (χ0v) is 14.5. The third kappa shape index (κ3) is 4.94. The molecule has 1 saturated heterocycles. The lowest BCUT2D eigenvalue weighted by atomic mass is 10.1. The summed E-state index contributed by atoms with van der Waals surface area (Å²) in [5, 5.41) is 12.2. The topological polar surface area (TPSA) is 76.1 Å². The summed E-state index contributed by atoms with van der Waals surface area (Å²) in [6.07, 6.45) is -0.0471. The Kier molecular flexibility index (Phi) is 6.16. The highest BCUT2D eigenvalue weighted by Gasteiger charge is 2.30. The number of nitrogens with zero attached hydrogens (tertiary/aromatic N) is 3. The van der Waals surface area contributed by atoms with Crippen LogP contribution in [0.1, 0.15) is 6.42 Å². The lowest BCUT2D eigenvalue weighted by molar-refractivity contribution is -0.145. The zero-order chi connectivity index (χ0) is 17.7. The van der Waals surface area contributed by atoms with E-state index in [1.807, 2.05) is 55.2 Å². The number of carbonyl (C=O) groups is 2. The molecule has 0 aliphatic carbocycles. The van der Waals surface area contributed by atoms with Gasteiger partial charge in [0.25, 0.3) is 0 Å². The van der Waals surface area contributed by atoms with E-state index < -0.39 is 12.0 Å². The van der Waals surface area contributed by atoms with Crippen molar-refractivity contribution < 1.29 is 14.7 Å². The van der Waals surface area contributed by atoms with E-state index >= 15 is 0 Å². The largest absolute Gasteiger partial charge is 0.480 e. The molecule has 1 aromatic rings. The third-order valence-corrected chi connectivity index (χ3v) is 4.31. The summed E-state index contributed by atoms with van der Waals surface area (Å²) in [6, 6.07) is 6.67. The zero-order valence-electron chi connectivity index (χ0n) is 14.5. The van der Waals surface area contributed by atoms with E-state index in [2.05, 4.69) is 10.2 Å². The summed E-state index contributed by atoms with van der Waals surface area (Å²) in [7, 11) is 5.90. The Morgan fingerprint density at radius 2 is 1.75 bits per heavy atom. The minimum absolute atomic E-state index is 0.0471. The van der Waals surface area contributed by atoms with Gasteiger partial charge in [0.15, 0.2) is 0 Å². The molecule has 1 aliphatic rings. The van der Waals surface area contributed by atoms with Crippen LogP contribution in [-0.2, 0) is 9.59 Å². The standard InChI is InChI=1S/C17H26N4O3/c1-19(2)14-6-4-13(5-7-14)18-16(22)12-15(17(23)24)21-10-8-20(3)9-11-21/h4-7,15H,8-12H2,1-3H3,(H,18,22)(H,23,24)/t15-/m1/s1. The van der Waals surface area contributed by atoms with E-state index in [4.69, 9.17) is 0 Å². The molecule has 0 spiro atoms. The van der Waals surface area contributed by atoms with Crippen molar-refractivity contribution in [3.8, 4) is 0 Å². The molecule has 0 bridgehead atoms. The van der Waals surface area contributed by atoms with Crippen LogP contribution in [-0.4, -0.2) is 80.1 Å². The SMILES string of the molecule is CN1CCN([C@H](CC(=O)Nc2ccc(N(C)C)cc2)C(=O)O)CC1. The smallest absolute Gasteiger partial charge is 0.321 e. The van der Waals surface area contributed by atoms with Crippen molar-refractivity contribution in [2.75, 3.05) is 57.5 Å². The van der Waals surface area contributed by atoms with Gasteiger partial charge in [-0.1, -0.05) is 0 Å². The van der Waals surface area contributed by atoms with E-state index in [9.17, 15) is 14.7 Å². The van der Waals surface area contributed by atoms with Crippen molar-refractivity contribution in [3.63, 3.8) is 0 Å². The Morgan fingerprint density at radius 3 is 2.25 bits per heavy atom. The van der Waals surface area contributed by atoms with Crippen molar-refractivity contribution in [3.05, 3.63) is 24.3 Å². The van der Waals surface area contributed by atoms with E-state index in [1.165, 1.54) is 0 Å². The highest BCUT2D eigenvalue weighted by atomic mass is 16.4. The number of piperazine rings is 1.